The van der Waals surface area contributed by atoms with Gasteiger partial charge in [-0.25, -0.2) is 0 Å². The van der Waals surface area contributed by atoms with Crippen molar-refractivity contribution < 1.29 is 4.79 Å². The van der Waals surface area contributed by atoms with Crippen LogP contribution in [-0.4, -0.2) is 10.9 Å². The van der Waals surface area contributed by atoms with Crippen molar-refractivity contribution in [2.24, 2.45) is 0 Å². The topological polar surface area (TPSA) is 42.0 Å². The number of para-hydroxylation sites is 1. The Balaban J connectivity index is 1.54. The number of benzene rings is 5. The quantitative estimate of drug-likeness (QED) is 0.358. The number of hydrogen-bond donors (Lipinski definition) is 1. The van der Waals surface area contributed by atoms with Crippen molar-refractivity contribution in [3.05, 3.63) is 96.7 Å². The van der Waals surface area contributed by atoms with Gasteiger partial charge in [0.1, 0.15) is 0 Å². The molecule has 6 aromatic rings. The van der Waals surface area contributed by atoms with E-state index in [1.54, 1.807) is 6.20 Å². The second kappa shape index (κ2) is 6.01. The van der Waals surface area contributed by atoms with Gasteiger partial charge in [0.2, 0.25) is 0 Å². The third kappa shape index (κ3) is 2.38. The number of rotatable bonds is 2. The average Bonchev–Trinajstić information content (AvgIpc) is 2.77. The van der Waals surface area contributed by atoms with Crippen molar-refractivity contribution in [3.63, 3.8) is 0 Å². The van der Waals surface area contributed by atoms with Crippen LogP contribution in [0.25, 0.3) is 43.2 Å². The molecular formula is C26H16N2O. The Morgan fingerprint density at radius 1 is 0.655 bits per heavy atom. The van der Waals surface area contributed by atoms with E-state index in [1.807, 2.05) is 42.5 Å². The number of pyridine rings is 1. The van der Waals surface area contributed by atoms with Gasteiger partial charge >= 0.3 is 0 Å². The molecule has 6 rings (SSSR count). The summed E-state index contributed by atoms with van der Waals surface area (Å²) < 4.78 is 0. The predicted octanol–water partition coefficient (Wildman–Crippen LogP) is 6.38. The van der Waals surface area contributed by atoms with Crippen molar-refractivity contribution in [3.8, 4) is 0 Å². The lowest BCUT2D eigenvalue weighted by atomic mass is 9.92. The zero-order valence-electron chi connectivity index (χ0n) is 15.5. The first kappa shape index (κ1) is 16.0. The van der Waals surface area contributed by atoms with Crippen LogP contribution in [-0.2, 0) is 0 Å². The van der Waals surface area contributed by atoms with E-state index >= 15 is 0 Å². The third-order valence-corrected chi connectivity index (χ3v) is 5.65. The Hall–Kier alpha value is -3.98. The molecule has 0 atom stereocenters. The van der Waals surface area contributed by atoms with Crippen molar-refractivity contribution in [2.75, 3.05) is 5.32 Å². The van der Waals surface area contributed by atoms with Gasteiger partial charge in [-0.1, -0.05) is 66.7 Å². The molecule has 5 aromatic carbocycles. The lowest BCUT2D eigenvalue weighted by molar-refractivity contribution is 0.102. The number of nitrogens with zero attached hydrogens (tertiary/aromatic N) is 1. The van der Waals surface area contributed by atoms with E-state index in [0.29, 0.717) is 5.56 Å². The highest BCUT2D eigenvalue weighted by molar-refractivity contribution is 6.27. The maximum Gasteiger partial charge on any atom is 0.256 e. The normalized spacial score (nSPS) is 11.6. The fourth-order valence-electron chi connectivity index (χ4n) is 4.33. The van der Waals surface area contributed by atoms with E-state index < -0.39 is 0 Å². The summed E-state index contributed by atoms with van der Waals surface area (Å²) in [6.07, 6.45) is 1.74. The molecule has 0 aliphatic rings. The largest absolute Gasteiger partial charge is 0.320 e. The Kier molecular flexibility index (Phi) is 3.32. The minimum absolute atomic E-state index is 0.124. The molecule has 1 heterocycles. The Labute approximate surface area is 166 Å². The molecule has 0 radical (unpaired) electrons. The highest BCUT2D eigenvalue weighted by atomic mass is 16.1. The van der Waals surface area contributed by atoms with Gasteiger partial charge < -0.3 is 5.32 Å². The number of nitrogens with one attached hydrogen (secondary N) is 1. The summed E-state index contributed by atoms with van der Waals surface area (Å²) in [5.41, 5.74) is 2.18. The summed E-state index contributed by atoms with van der Waals surface area (Å²) in [5.74, 6) is -0.124. The van der Waals surface area contributed by atoms with Crippen LogP contribution in [0.4, 0.5) is 5.69 Å². The molecule has 136 valence electrons. The van der Waals surface area contributed by atoms with Gasteiger partial charge in [0.05, 0.1) is 11.2 Å². The second-order valence-corrected chi connectivity index (χ2v) is 7.30. The molecule has 1 N–H and O–H groups in total. The zero-order chi connectivity index (χ0) is 19.4. The third-order valence-electron chi connectivity index (χ3n) is 5.65. The van der Waals surface area contributed by atoms with Crippen LogP contribution in [0.1, 0.15) is 10.4 Å². The number of carbonyl (C=O) groups excluding carboxylic acids is 1. The number of hydrogen-bond acceptors (Lipinski definition) is 2. The van der Waals surface area contributed by atoms with Gasteiger partial charge in [0.25, 0.3) is 5.91 Å². The van der Waals surface area contributed by atoms with E-state index in [-0.39, 0.29) is 5.91 Å². The van der Waals surface area contributed by atoms with Crippen LogP contribution in [0.2, 0.25) is 0 Å². The van der Waals surface area contributed by atoms with Crippen LogP contribution >= 0.6 is 0 Å². The highest BCUT2D eigenvalue weighted by Crippen LogP contribution is 2.36. The smallest absolute Gasteiger partial charge is 0.256 e. The van der Waals surface area contributed by atoms with E-state index in [4.69, 9.17) is 0 Å². The Morgan fingerprint density at radius 3 is 2.17 bits per heavy atom. The second-order valence-electron chi connectivity index (χ2n) is 7.30. The Morgan fingerprint density at radius 2 is 1.31 bits per heavy atom. The van der Waals surface area contributed by atoms with Crippen molar-refractivity contribution in [1.82, 2.24) is 4.98 Å². The molecule has 29 heavy (non-hydrogen) atoms. The molecule has 0 bridgehead atoms. The lowest BCUT2D eigenvalue weighted by Gasteiger charge is -2.14. The standard InChI is InChI=1S/C26H16N2O/c29-26(28-22-8-2-6-19-7-3-15-27-25(19)22)21-14-12-18-10-9-16-4-1-5-17-11-13-20(21)24(18)23(16)17/h1-15H,(H,28,29). The number of amides is 1. The summed E-state index contributed by atoms with van der Waals surface area (Å²) in [4.78, 5) is 17.7. The number of fused-ring (bicyclic) bond motifs is 1. The van der Waals surface area contributed by atoms with Crippen LogP contribution in [0.3, 0.4) is 0 Å². The molecule has 3 nitrogen and oxygen atoms in total. The van der Waals surface area contributed by atoms with Gasteiger partial charge in [-0.15, -0.1) is 0 Å². The molecule has 1 aromatic heterocycles. The average molecular weight is 372 g/mol. The summed E-state index contributed by atoms with van der Waals surface area (Å²) in [6.45, 7) is 0. The number of aromatic nitrogens is 1. The molecule has 0 aliphatic heterocycles. The molecule has 0 saturated heterocycles. The molecule has 3 heteroatoms. The monoisotopic (exact) mass is 372 g/mol. The minimum Gasteiger partial charge on any atom is -0.320 e. The van der Waals surface area contributed by atoms with Gasteiger partial charge in [-0.3, -0.25) is 9.78 Å². The molecule has 0 aliphatic carbocycles. The maximum atomic E-state index is 13.3. The molecule has 1 amide bonds. The van der Waals surface area contributed by atoms with E-state index in [1.165, 1.54) is 16.2 Å². The molecule has 0 fully saturated rings. The summed E-state index contributed by atoms with van der Waals surface area (Å²) in [5, 5.41) is 10.9. The molecular weight excluding hydrogens is 356 g/mol. The maximum absolute atomic E-state index is 13.3. The number of anilines is 1. The van der Waals surface area contributed by atoms with Crippen molar-refractivity contribution in [1.29, 1.82) is 0 Å². The van der Waals surface area contributed by atoms with Crippen molar-refractivity contribution >= 4 is 54.8 Å². The Bertz CT molecular complexity index is 1530. The first-order valence-corrected chi connectivity index (χ1v) is 9.61. The minimum atomic E-state index is -0.124. The fourth-order valence-corrected chi connectivity index (χ4v) is 4.33. The van der Waals surface area contributed by atoms with Gasteiger partial charge in [-0.2, -0.15) is 0 Å². The van der Waals surface area contributed by atoms with Crippen LogP contribution < -0.4 is 5.32 Å². The van der Waals surface area contributed by atoms with E-state index in [9.17, 15) is 4.79 Å². The van der Waals surface area contributed by atoms with E-state index in [0.717, 1.165) is 32.7 Å². The van der Waals surface area contributed by atoms with E-state index in [2.05, 4.69) is 52.8 Å². The van der Waals surface area contributed by atoms with Crippen LogP contribution in [0.5, 0.6) is 0 Å². The first-order chi connectivity index (χ1) is 14.3. The summed E-state index contributed by atoms with van der Waals surface area (Å²) in [6, 6.07) is 28.4. The summed E-state index contributed by atoms with van der Waals surface area (Å²) >= 11 is 0. The van der Waals surface area contributed by atoms with Crippen LogP contribution in [0.15, 0.2) is 91.1 Å². The van der Waals surface area contributed by atoms with Gasteiger partial charge in [0, 0.05) is 17.1 Å². The van der Waals surface area contributed by atoms with Gasteiger partial charge in [0.15, 0.2) is 0 Å². The summed E-state index contributed by atoms with van der Waals surface area (Å²) in [7, 11) is 0. The fraction of sp³-hybridized carbons (Fsp3) is 0. The lowest BCUT2D eigenvalue weighted by Crippen LogP contribution is -2.13. The number of carbonyl (C=O) groups is 1. The van der Waals surface area contributed by atoms with Crippen molar-refractivity contribution in [2.45, 2.75) is 0 Å². The first-order valence-electron chi connectivity index (χ1n) is 9.61. The predicted molar refractivity (Wildman–Crippen MR) is 120 cm³/mol. The molecule has 0 unspecified atom stereocenters. The molecule has 0 spiro atoms. The zero-order valence-corrected chi connectivity index (χ0v) is 15.5. The molecule has 0 saturated carbocycles. The van der Waals surface area contributed by atoms with Gasteiger partial charge in [-0.05, 0) is 50.5 Å². The highest BCUT2D eigenvalue weighted by Gasteiger charge is 2.16. The van der Waals surface area contributed by atoms with Crippen LogP contribution in [0, 0.1) is 0 Å². The SMILES string of the molecule is O=C(Nc1cccc2cccnc12)c1ccc2ccc3cccc4ccc1c2c34.